The van der Waals surface area contributed by atoms with E-state index >= 15 is 0 Å². The molecule has 1 fully saturated rings. The minimum absolute atomic E-state index is 0.00386. The highest BCUT2D eigenvalue weighted by Gasteiger charge is 2.33. The van der Waals surface area contributed by atoms with Crippen LogP contribution in [0.25, 0.3) is 0 Å². The normalized spacial score (nSPS) is 20.8. The maximum atomic E-state index is 12.7. The zero-order chi connectivity index (χ0) is 17.5. The summed E-state index contributed by atoms with van der Waals surface area (Å²) in [7, 11) is 1.34. The SMILES string of the molecule is C=CCC(=O)N1C(C=CC(=O)OC)CCCC1c1ccc(Cl)cc1. The van der Waals surface area contributed by atoms with Crippen molar-refractivity contribution < 1.29 is 14.3 Å². The number of piperidine rings is 1. The average Bonchev–Trinajstić information content (AvgIpc) is 2.60. The molecule has 1 aromatic rings. The van der Waals surface area contributed by atoms with Gasteiger partial charge in [-0.25, -0.2) is 4.79 Å². The van der Waals surface area contributed by atoms with Crippen LogP contribution in [-0.4, -0.2) is 29.9 Å². The fourth-order valence-electron chi connectivity index (χ4n) is 3.08. The van der Waals surface area contributed by atoms with E-state index in [0.717, 1.165) is 24.8 Å². The molecule has 1 amide bonds. The molecule has 0 aliphatic carbocycles. The number of amides is 1. The molecule has 2 rings (SSSR count). The van der Waals surface area contributed by atoms with Crippen LogP contribution in [0.15, 0.2) is 49.1 Å². The van der Waals surface area contributed by atoms with Crippen LogP contribution in [0, 0.1) is 0 Å². The van der Waals surface area contributed by atoms with E-state index in [1.165, 1.54) is 13.2 Å². The van der Waals surface area contributed by atoms with E-state index in [0.29, 0.717) is 5.02 Å². The van der Waals surface area contributed by atoms with Gasteiger partial charge in [-0.05, 0) is 37.0 Å². The van der Waals surface area contributed by atoms with Crippen molar-refractivity contribution in [2.24, 2.45) is 0 Å². The molecule has 4 nitrogen and oxygen atoms in total. The van der Waals surface area contributed by atoms with Crippen LogP contribution in [0.3, 0.4) is 0 Å². The molecule has 2 atom stereocenters. The summed E-state index contributed by atoms with van der Waals surface area (Å²) in [5.41, 5.74) is 1.05. The van der Waals surface area contributed by atoms with E-state index in [-0.39, 0.29) is 24.4 Å². The van der Waals surface area contributed by atoms with Crippen molar-refractivity contribution in [1.29, 1.82) is 0 Å². The number of nitrogens with zero attached hydrogens (tertiary/aromatic N) is 1. The van der Waals surface area contributed by atoms with E-state index in [4.69, 9.17) is 11.6 Å². The van der Waals surface area contributed by atoms with Gasteiger partial charge in [-0.2, -0.15) is 0 Å². The molecule has 0 N–H and O–H groups in total. The first-order valence-electron chi connectivity index (χ1n) is 8.00. The zero-order valence-corrected chi connectivity index (χ0v) is 14.5. The number of carbonyl (C=O) groups excluding carboxylic acids is 2. The first-order chi connectivity index (χ1) is 11.6. The van der Waals surface area contributed by atoms with E-state index in [2.05, 4.69) is 11.3 Å². The van der Waals surface area contributed by atoms with E-state index < -0.39 is 5.97 Å². The molecule has 1 aliphatic rings. The molecular formula is C19H22ClNO3. The zero-order valence-electron chi connectivity index (χ0n) is 13.8. The van der Waals surface area contributed by atoms with Crippen molar-refractivity contribution >= 4 is 23.5 Å². The van der Waals surface area contributed by atoms with Gasteiger partial charge in [0, 0.05) is 17.5 Å². The Kier molecular flexibility index (Phi) is 6.62. The van der Waals surface area contributed by atoms with Crippen LogP contribution >= 0.6 is 11.6 Å². The molecule has 1 saturated heterocycles. The standard InChI is InChI=1S/C19H22ClNO3/c1-3-5-18(22)21-16(12-13-19(23)24-2)6-4-7-17(21)14-8-10-15(20)11-9-14/h3,8-13,16-17H,1,4-7H2,2H3. The van der Waals surface area contributed by atoms with Crippen molar-refractivity contribution in [3.63, 3.8) is 0 Å². The van der Waals surface area contributed by atoms with E-state index in [1.54, 1.807) is 12.2 Å². The molecule has 1 heterocycles. The second-order valence-electron chi connectivity index (χ2n) is 5.74. The Morgan fingerprint density at radius 3 is 2.67 bits per heavy atom. The number of rotatable bonds is 5. The van der Waals surface area contributed by atoms with Crippen LogP contribution in [0.4, 0.5) is 0 Å². The fraction of sp³-hybridized carbons (Fsp3) is 0.368. The predicted octanol–water partition coefficient (Wildman–Crippen LogP) is 4.07. The van der Waals surface area contributed by atoms with Gasteiger partial charge in [-0.3, -0.25) is 4.79 Å². The minimum atomic E-state index is -0.417. The van der Waals surface area contributed by atoms with Crippen LogP contribution in [0.1, 0.15) is 37.3 Å². The summed E-state index contributed by atoms with van der Waals surface area (Å²) < 4.78 is 4.65. The summed E-state index contributed by atoms with van der Waals surface area (Å²) in [6, 6.07) is 7.41. The van der Waals surface area contributed by atoms with Crippen LogP contribution in [0.5, 0.6) is 0 Å². The summed E-state index contributed by atoms with van der Waals surface area (Å²) in [6.07, 6.45) is 7.70. The Labute approximate surface area is 147 Å². The molecule has 1 aliphatic heterocycles. The van der Waals surface area contributed by atoms with Crippen molar-refractivity contribution in [2.45, 2.75) is 37.8 Å². The highest BCUT2D eigenvalue weighted by Crippen LogP contribution is 2.36. The Hall–Kier alpha value is -2.07. The number of likely N-dealkylation sites (tertiary alicyclic amines) is 1. The van der Waals surface area contributed by atoms with E-state index in [9.17, 15) is 9.59 Å². The van der Waals surface area contributed by atoms with Gasteiger partial charge < -0.3 is 9.64 Å². The third-order valence-corrected chi connectivity index (χ3v) is 4.44. The smallest absolute Gasteiger partial charge is 0.330 e. The second kappa shape index (κ2) is 8.69. The van der Waals surface area contributed by atoms with Gasteiger partial charge in [0.05, 0.1) is 19.2 Å². The van der Waals surface area contributed by atoms with Gasteiger partial charge in [0.2, 0.25) is 5.91 Å². The average molecular weight is 348 g/mol. The topological polar surface area (TPSA) is 46.6 Å². The Bertz CT molecular complexity index is 624. The number of halogens is 1. The Morgan fingerprint density at radius 2 is 2.04 bits per heavy atom. The summed E-state index contributed by atoms with van der Waals surface area (Å²) in [4.78, 5) is 25.9. The van der Waals surface area contributed by atoms with Crippen molar-refractivity contribution in [3.05, 3.63) is 59.7 Å². The third-order valence-electron chi connectivity index (χ3n) is 4.19. The number of ether oxygens (including phenoxy) is 1. The number of methoxy groups -OCH3 is 1. The lowest BCUT2D eigenvalue weighted by Crippen LogP contribution is -2.44. The van der Waals surface area contributed by atoms with Gasteiger partial charge in [0.25, 0.3) is 0 Å². The van der Waals surface area contributed by atoms with Gasteiger partial charge in [-0.15, -0.1) is 6.58 Å². The lowest BCUT2D eigenvalue weighted by atomic mass is 9.90. The van der Waals surface area contributed by atoms with Gasteiger partial charge in [0.1, 0.15) is 0 Å². The number of hydrogen-bond donors (Lipinski definition) is 0. The molecule has 1 aromatic carbocycles. The minimum Gasteiger partial charge on any atom is -0.466 e. The molecule has 0 bridgehead atoms. The summed E-state index contributed by atoms with van der Waals surface area (Å²) >= 11 is 5.97. The molecule has 128 valence electrons. The van der Waals surface area contributed by atoms with Crippen LogP contribution in [0.2, 0.25) is 5.02 Å². The largest absolute Gasteiger partial charge is 0.466 e. The highest BCUT2D eigenvalue weighted by molar-refractivity contribution is 6.30. The summed E-state index contributed by atoms with van der Waals surface area (Å²) in [5.74, 6) is -0.413. The molecule has 0 saturated carbocycles. The Morgan fingerprint density at radius 1 is 1.33 bits per heavy atom. The van der Waals surface area contributed by atoms with Crippen LogP contribution in [-0.2, 0) is 14.3 Å². The van der Waals surface area contributed by atoms with Crippen molar-refractivity contribution in [1.82, 2.24) is 4.90 Å². The first-order valence-corrected chi connectivity index (χ1v) is 8.38. The molecule has 2 unspecified atom stereocenters. The van der Waals surface area contributed by atoms with Gasteiger partial charge in [-0.1, -0.05) is 35.9 Å². The number of carbonyl (C=O) groups is 2. The molecular weight excluding hydrogens is 326 g/mol. The Balaban J connectivity index is 2.31. The highest BCUT2D eigenvalue weighted by atomic mass is 35.5. The first kappa shape index (κ1) is 18.3. The number of esters is 1. The number of hydrogen-bond acceptors (Lipinski definition) is 3. The monoisotopic (exact) mass is 347 g/mol. The molecule has 24 heavy (non-hydrogen) atoms. The quantitative estimate of drug-likeness (QED) is 0.458. The van der Waals surface area contributed by atoms with Crippen LogP contribution < -0.4 is 0 Å². The number of benzene rings is 1. The van der Waals surface area contributed by atoms with Crippen molar-refractivity contribution in [2.75, 3.05) is 7.11 Å². The lowest BCUT2D eigenvalue weighted by Gasteiger charge is -2.41. The fourth-order valence-corrected chi connectivity index (χ4v) is 3.20. The van der Waals surface area contributed by atoms with Gasteiger partial charge >= 0.3 is 5.97 Å². The lowest BCUT2D eigenvalue weighted by molar-refractivity contribution is -0.137. The van der Waals surface area contributed by atoms with Gasteiger partial charge in [0.15, 0.2) is 0 Å². The molecule has 0 spiro atoms. The molecule has 5 heteroatoms. The van der Waals surface area contributed by atoms with E-state index in [1.807, 2.05) is 29.2 Å². The summed E-state index contributed by atoms with van der Waals surface area (Å²) in [5, 5.41) is 0.667. The maximum absolute atomic E-state index is 12.7. The summed E-state index contributed by atoms with van der Waals surface area (Å²) in [6.45, 7) is 3.66. The molecule has 0 radical (unpaired) electrons. The maximum Gasteiger partial charge on any atom is 0.330 e. The second-order valence-corrected chi connectivity index (χ2v) is 6.18. The third kappa shape index (κ3) is 4.48. The predicted molar refractivity (Wildman–Crippen MR) is 94.6 cm³/mol. The molecule has 0 aromatic heterocycles. The van der Waals surface area contributed by atoms with Crippen molar-refractivity contribution in [3.8, 4) is 0 Å².